The summed E-state index contributed by atoms with van der Waals surface area (Å²) in [4.78, 5) is 11.1. The molecule has 0 atom stereocenters. The van der Waals surface area contributed by atoms with Crippen molar-refractivity contribution in [3.8, 4) is 10.6 Å². The Morgan fingerprint density at radius 1 is 0.963 bits per heavy atom. The third kappa shape index (κ3) is 3.22. The molecule has 0 bridgehead atoms. The highest BCUT2D eigenvalue weighted by Gasteiger charge is 2.23. The van der Waals surface area contributed by atoms with E-state index in [-0.39, 0.29) is 5.82 Å². The normalized spacial score (nSPS) is 14.1. The zero-order chi connectivity index (χ0) is 18.2. The van der Waals surface area contributed by atoms with Gasteiger partial charge < -0.3 is 0 Å². The molecule has 2 aromatic carbocycles. The molecule has 1 aliphatic rings. The van der Waals surface area contributed by atoms with Crippen molar-refractivity contribution in [1.29, 1.82) is 0 Å². The number of thiophene rings is 1. The van der Waals surface area contributed by atoms with E-state index in [2.05, 4.69) is 18.2 Å². The van der Waals surface area contributed by atoms with E-state index in [9.17, 15) is 4.39 Å². The van der Waals surface area contributed by atoms with Gasteiger partial charge in [-0.15, -0.1) is 22.7 Å². The maximum absolute atomic E-state index is 13.1. The molecule has 0 aliphatic heterocycles. The number of hydrogen-bond acceptors (Lipinski definition) is 4. The van der Waals surface area contributed by atoms with Gasteiger partial charge in [-0.1, -0.05) is 24.3 Å². The lowest BCUT2D eigenvalue weighted by molar-refractivity contribution is 0.628. The Kier molecular flexibility index (Phi) is 4.34. The molecule has 1 aliphatic carbocycles. The van der Waals surface area contributed by atoms with Gasteiger partial charge in [0.05, 0.1) is 15.8 Å². The maximum atomic E-state index is 13.1. The average molecular weight is 393 g/mol. The van der Waals surface area contributed by atoms with Crippen LogP contribution in [0.15, 0.2) is 53.5 Å². The fourth-order valence-corrected chi connectivity index (χ4v) is 5.86. The Labute approximate surface area is 165 Å². The molecule has 134 valence electrons. The van der Waals surface area contributed by atoms with Gasteiger partial charge in [-0.25, -0.2) is 14.4 Å². The number of para-hydroxylation sites is 1. The van der Waals surface area contributed by atoms with Crippen molar-refractivity contribution in [1.82, 2.24) is 4.98 Å². The molecule has 0 fully saturated rings. The van der Waals surface area contributed by atoms with Crippen molar-refractivity contribution < 1.29 is 4.39 Å². The topological polar surface area (TPSA) is 25.2 Å². The molecule has 2 aromatic heterocycles. The van der Waals surface area contributed by atoms with Gasteiger partial charge in [0.15, 0.2) is 0 Å². The molecule has 2 nitrogen and oxygen atoms in total. The lowest BCUT2D eigenvalue weighted by Gasteiger charge is -2.11. The first kappa shape index (κ1) is 16.8. The highest BCUT2D eigenvalue weighted by atomic mass is 32.1. The van der Waals surface area contributed by atoms with Crippen LogP contribution in [-0.4, -0.2) is 11.2 Å². The number of thiazole rings is 1. The summed E-state index contributed by atoms with van der Waals surface area (Å²) in [6, 6.07) is 14.7. The van der Waals surface area contributed by atoms with E-state index in [4.69, 9.17) is 9.98 Å². The number of rotatable bonds is 3. The third-order valence-electron chi connectivity index (χ3n) is 4.86. The van der Waals surface area contributed by atoms with Gasteiger partial charge in [0.2, 0.25) is 0 Å². The third-order valence-corrected chi connectivity index (χ3v) is 7.12. The maximum Gasteiger partial charge on any atom is 0.127 e. The van der Waals surface area contributed by atoms with Gasteiger partial charge in [-0.05, 0) is 61.1 Å². The minimum Gasteiger partial charge on any atom is -0.245 e. The lowest BCUT2D eigenvalue weighted by atomic mass is 9.96. The smallest absolute Gasteiger partial charge is 0.127 e. The van der Waals surface area contributed by atoms with Crippen molar-refractivity contribution in [2.75, 3.05) is 0 Å². The number of nitrogens with zero attached hydrogens (tertiary/aromatic N) is 2. The summed E-state index contributed by atoms with van der Waals surface area (Å²) in [5, 5.41) is 2.08. The average Bonchev–Trinajstić information content (AvgIpc) is 3.28. The Hall–Kier alpha value is -2.37. The van der Waals surface area contributed by atoms with Gasteiger partial charge in [0, 0.05) is 11.1 Å². The van der Waals surface area contributed by atoms with E-state index in [1.165, 1.54) is 45.7 Å². The monoisotopic (exact) mass is 392 g/mol. The SMILES string of the molecule is Fc1ccc(C=Nc2sc3c(c2-c2nc4ccccc4s2)CCCC3)cc1. The zero-order valence-electron chi connectivity index (χ0n) is 14.6. The summed E-state index contributed by atoms with van der Waals surface area (Å²) < 4.78 is 14.3. The molecule has 0 unspecified atom stereocenters. The van der Waals surface area contributed by atoms with E-state index in [1.807, 2.05) is 12.3 Å². The lowest BCUT2D eigenvalue weighted by Crippen LogP contribution is -1.99. The Morgan fingerprint density at radius 2 is 1.78 bits per heavy atom. The zero-order valence-corrected chi connectivity index (χ0v) is 16.2. The van der Waals surface area contributed by atoms with Crippen LogP contribution >= 0.6 is 22.7 Å². The molecular weight excluding hydrogens is 375 g/mol. The first-order valence-electron chi connectivity index (χ1n) is 9.08. The number of aliphatic imine (C=N–C) groups is 1. The molecule has 5 heteroatoms. The van der Waals surface area contributed by atoms with Crippen LogP contribution < -0.4 is 0 Å². The van der Waals surface area contributed by atoms with Gasteiger partial charge in [-0.2, -0.15) is 0 Å². The van der Waals surface area contributed by atoms with Crippen LogP contribution in [0.4, 0.5) is 9.39 Å². The second kappa shape index (κ2) is 6.98. The van der Waals surface area contributed by atoms with Crippen LogP contribution in [-0.2, 0) is 12.8 Å². The van der Waals surface area contributed by atoms with Crippen molar-refractivity contribution in [3.05, 3.63) is 70.4 Å². The fourth-order valence-electron chi connectivity index (χ4n) is 3.52. The molecule has 0 spiro atoms. The van der Waals surface area contributed by atoms with Crippen LogP contribution in [0.25, 0.3) is 20.8 Å². The van der Waals surface area contributed by atoms with Gasteiger partial charge in [-0.3, -0.25) is 0 Å². The molecule has 0 N–H and O–H groups in total. The summed E-state index contributed by atoms with van der Waals surface area (Å²) in [5.74, 6) is -0.228. The largest absolute Gasteiger partial charge is 0.245 e. The van der Waals surface area contributed by atoms with Crippen LogP contribution in [0.1, 0.15) is 28.8 Å². The second-order valence-corrected chi connectivity index (χ2v) is 8.80. The van der Waals surface area contributed by atoms with Crippen molar-refractivity contribution >= 4 is 44.1 Å². The van der Waals surface area contributed by atoms with Crippen LogP contribution in [0, 0.1) is 5.82 Å². The number of aromatic nitrogens is 1. The number of halogens is 1. The van der Waals surface area contributed by atoms with Crippen molar-refractivity contribution in [2.24, 2.45) is 4.99 Å². The molecule has 27 heavy (non-hydrogen) atoms. The Bertz CT molecular complexity index is 1110. The molecule has 0 saturated carbocycles. The number of fused-ring (bicyclic) bond motifs is 2. The molecule has 0 saturated heterocycles. The summed E-state index contributed by atoms with van der Waals surface area (Å²) >= 11 is 3.52. The minimum absolute atomic E-state index is 0.228. The first-order chi connectivity index (χ1) is 13.3. The molecule has 0 radical (unpaired) electrons. The van der Waals surface area contributed by atoms with Gasteiger partial charge in [0.1, 0.15) is 15.8 Å². The Balaban J connectivity index is 1.62. The summed E-state index contributed by atoms with van der Waals surface area (Å²) in [5.41, 5.74) is 4.57. The molecule has 0 amide bonds. The highest BCUT2D eigenvalue weighted by Crippen LogP contribution is 2.47. The number of hydrogen-bond donors (Lipinski definition) is 0. The fraction of sp³-hybridized carbons (Fsp3) is 0.182. The van der Waals surface area contributed by atoms with E-state index >= 15 is 0 Å². The Morgan fingerprint density at radius 3 is 2.63 bits per heavy atom. The standard InChI is InChI=1S/C22H17FN2S2/c23-15-11-9-14(10-12-15)13-24-21-20(16-5-1-3-7-18(16)26-21)22-25-17-6-2-4-8-19(17)27-22/h2,4,6,8-13H,1,3,5,7H2. The predicted octanol–water partition coefficient (Wildman–Crippen LogP) is 6.79. The van der Waals surface area contributed by atoms with Crippen LogP contribution in [0.5, 0.6) is 0 Å². The molecule has 5 rings (SSSR count). The van der Waals surface area contributed by atoms with E-state index in [0.717, 1.165) is 33.9 Å². The van der Waals surface area contributed by atoms with E-state index in [1.54, 1.807) is 34.8 Å². The number of aryl methyl sites for hydroxylation is 1. The minimum atomic E-state index is -0.228. The second-order valence-electron chi connectivity index (χ2n) is 6.69. The van der Waals surface area contributed by atoms with Crippen molar-refractivity contribution in [2.45, 2.75) is 25.7 Å². The van der Waals surface area contributed by atoms with E-state index < -0.39 is 0 Å². The first-order valence-corrected chi connectivity index (χ1v) is 10.7. The van der Waals surface area contributed by atoms with Crippen LogP contribution in [0.3, 0.4) is 0 Å². The summed E-state index contributed by atoms with van der Waals surface area (Å²) in [6.07, 6.45) is 6.53. The molecular formula is C22H17FN2S2. The highest BCUT2D eigenvalue weighted by molar-refractivity contribution is 7.22. The van der Waals surface area contributed by atoms with Crippen molar-refractivity contribution in [3.63, 3.8) is 0 Å². The molecule has 2 heterocycles. The number of benzene rings is 2. The van der Waals surface area contributed by atoms with Gasteiger partial charge >= 0.3 is 0 Å². The predicted molar refractivity (Wildman–Crippen MR) is 113 cm³/mol. The van der Waals surface area contributed by atoms with E-state index in [0.29, 0.717) is 0 Å². The van der Waals surface area contributed by atoms with Gasteiger partial charge in [0.25, 0.3) is 0 Å². The summed E-state index contributed by atoms with van der Waals surface area (Å²) in [6.45, 7) is 0. The summed E-state index contributed by atoms with van der Waals surface area (Å²) in [7, 11) is 0. The molecule has 4 aromatic rings. The van der Waals surface area contributed by atoms with Crippen LogP contribution in [0.2, 0.25) is 0 Å². The quantitative estimate of drug-likeness (QED) is 0.352.